The van der Waals surface area contributed by atoms with Crippen LogP contribution in [-0.2, 0) is 5.88 Å². The zero-order chi connectivity index (χ0) is 13.1. The summed E-state index contributed by atoms with van der Waals surface area (Å²) < 4.78 is 5.80. The van der Waals surface area contributed by atoms with E-state index in [-0.39, 0.29) is 0 Å². The lowest BCUT2D eigenvalue weighted by atomic mass is 10.0. The number of rotatable bonds is 4. The number of ether oxygens (including phenoxy) is 1. The molecule has 0 amide bonds. The average molecular weight is 302 g/mol. The molecule has 0 atom stereocenters. The second-order valence-corrected chi connectivity index (χ2v) is 5.79. The van der Waals surface area contributed by atoms with Crippen LogP contribution >= 0.6 is 34.5 Å². The highest BCUT2D eigenvalue weighted by atomic mass is 35.5. The fourth-order valence-electron chi connectivity index (χ4n) is 1.58. The van der Waals surface area contributed by atoms with Crippen molar-refractivity contribution in [2.45, 2.75) is 25.6 Å². The van der Waals surface area contributed by atoms with E-state index in [4.69, 9.17) is 27.9 Å². The van der Waals surface area contributed by atoms with Gasteiger partial charge in [0.15, 0.2) is 0 Å². The number of para-hydroxylation sites is 1. The van der Waals surface area contributed by atoms with Gasteiger partial charge < -0.3 is 4.74 Å². The Labute approximate surface area is 121 Å². The molecule has 5 heteroatoms. The lowest BCUT2D eigenvalue weighted by Gasteiger charge is -2.11. The number of halogens is 2. The van der Waals surface area contributed by atoms with Crippen molar-refractivity contribution in [1.29, 1.82) is 0 Å². The second-order valence-electron chi connectivity index (χ2n) is 4.12. The van der Waals surface area contributed by atoms with Crippen LogP contribution in [0.15, 0.2) is 24.3 Å². The molecule has 0 aliphatic carbocycles. The molecule has 0 aliphatic heterocycles. The van der Waals surface area contributed by atoms with Gasteiger partial charge >= 0.3 is 0 Å². The fraction of sp³-hybridized carbons (Fsp3) is 0.308. The van der Waals surface area contributed by atoms with Crippen molar-refractivity contribution in [1.82, 2.24) is 4.98 Å². The monoisotopic (exact) mass is 301 g/mol. The Hall–Kier alpha value is -0.770. The first-order valence-corrected chi connectivity index (χ1v) is 7.32. The van der Waals surface area contributed by atoms with E-state index in [1.54, 1.807) is 0 Å². The molecule has 2 nitrogen and oxygen atoms in total. The molecule has 1 aromatic carbocycles. The molecule has 0 saturated carbocycles. The summed E-state index contributed by atoms with van der Waals surface area (Å²) in [6.07, 6.45) is 0. The van der Waals surface area contributed by atoms with E-state index >= 15 is 0 Å². The Morgan fingerprint density at radius 3 is 2.67 bits per heavy atom. The van der Waals surface area contributed by atoms with Gasteiger partial charge in [-0.25, -0.2) is 0 Å². The Kier molecular flexibility index (Phi) is 4.49. The molecule has 0 aliphatic rings. The van der Waals surface area contributed by atoms with Crippen LogP contribution in [0, 0.1) is 0 Å². The summed E-state index contributed by atoms with van der Waals surface area (Å²) in [5.74, 6) is 1.56. The Bertz CT molecular complexity index is 540. The van der Waals surface area contributed by atoms with Crippen molar-refractivity contribution in [2.24, 2.45) is 0 Å². The van der Waals surface area contributed by atoms with Crippen LogP contribution in [0.1, 0.15) is 30.2 Å². The maximum absolute atomic E-state index is 5.95. The van der Waals surface area contributed by atoms with Crippen LogP contribution in [0.4, 0.5) is 0 Å². The molecular formula is C13H13Cl2NOS. The van der Waals surface area contributed by atoms with E-state index in [2.05, 4.69) is 24.9 Å². The minimum absolute atomic E-state index is 0.353. The minimum atomic E-state index is 0.353. The molecule has 0 bridgehead atoms. The zero-order valence-corrected chi connectivity index (χ0v) is 12.4. The second kappa shape index (κ2) is 5.91. The van der Waals surface area contributed by atoms with Crippen LogP contribution in [-0.4, -0.2) is 4.98 Å². The predicted octanol–water partition coefficient (Wildman–Crippen LogP) is 5.45. The van der Waals surface area contributed by atoms with Crippen LogP contribution in [0.2, 0.25) is 5.15 Å². The van der Waals surface area contributed by atoms with Crippen LogP contribution in [0.3, 0.4) is 0 Å². The topological polar surface area (TPSA) is 22.1 Å². The smallest absolute Gasteiger partial charge is 0.280 e. The van der Waals surface area contributed by atoms with E-state index in [0.29, 0.717) is 22.1 Å². The molecular weight excluding hydrogens is 289 g/mol. The van der Waals surface area contributed by atoms with Gasteiger partial charge in [-0.1, -0.05) is 55.0 Å². The first-order valence-electron chi connectivity index (χ1n) is 5.59. The Morgan fingerprint density at radius 2 is 2.06 bits per heavy atom. The van der Waals surface area contributed by atoms with Gasteiger partial charge in [-0.15, -0.1) is 11.6 Å². The largest absolute Gasteiger partial charge is 0.431 e. The molecule has 0 unspecified atom stereocenters. The summed E-state index contributed by atoms with van der Waals surface area (Å²) in [5.41, 5.74) is 1.15. The fourth-order valence-corrected chi connectivity index (χ4v) is 2.92. The maximum Gasteiger partial charge on any atom is 0.280 e. The molecule has 2 rings (SSSR count). The van der Waals surface area contributed by atoms with Gasteiger partial charge in [0.2, 0.25) is 0 Å². The normalized spacial score (nSPS) is 10.9. The van der Waals surface area contributed by atoms with Crippen LogP contribution < -0.4 is 4.74 Å². The minimum Gasteiger partial charge on any atom is -0.431 e. The maximum atomic E-state index is 5.95. The van der Waals surface area contributed by atoms with Crippen molar-refractivity contribution in [3.8, 4) is 10.9 Å². The molecule has 0 N–H and O–H groups in total. The molecule has 0 saturated heterocycles. The lowest BCUT2D eigenvalue weighted by Crippen LogP contribution is -1.93. The number of aromatic nitrogens is 1. The van der Waals surface area contributed by atoms with Gasteiger partial charge in [0.25, 0.3) is 5.19 Å². The number of benzene rings is 1. The Balaban J connectivity index is 2.28. The van der Waals surface area contributed by atoms with Crippen molar-refractivity contribution in [2.75, 3.05) is 0 Å². The third kappa shape index (κ3) is 2.97. The summed E-state index contributed by atoms with van der Waals surface area (Å²) in [6.45, 7) is 4.25. The molecule has 1 heterocycles. The quantitative estimate of drug-likeness (QED) is 0.700. The van der Waals surface area contributed by atoms with E-state index < -0.39 is 0 Å². The van der Waals surface area contributed by atoms with Crippen molar-refractivity contribution < 1.29 is 4.74 Å². The van der Waals surface area contributed by atoms with Crippen LogP contribution in [0.5, 0.6) is 10.9 Å². The summed E-state index contributed by atoms with van der Waals surface area (Å²) in [7, 11) is 0. The molecule has 2 aromatic rings. The van der Waals surface area contributed by atoms with E-state index in [9.17, 15) is 0 Å². The number of hydrogen-bond donors (Lipinski definition) is 0. The van der Waals surface area contributed by atoms with Crippen LogP contribution in [0.25, 0.3) is 0 Å². The predicted molar refractivity (Wildman–Crippen MR) is 77.3 cm³/mol. The third-order valence-corrected chi connectivity index (χ3v) is 4.27. The summed E-state index contributed by atoms with van der Waals surface area (Å²) in [4.78, 5) is 4.98. The highest BCUT2D eigenvalue weighted by Crippen LogP contribution is 2.35. The average Bonchev–Trinajstić information content (AvgIpc) is 2.70. The number of thiazole rings is 1. The van der Waals surface area contributed by atoms with Gasteiger partial charge in [-0.2, -0.15) is 4.98 Å². The lowest BCUT2D eigenvalue weighted by molar-refractivity contribution is 0.469. The third-order valence-electron chi connectivity index (χ3n) is 2.49. The number of nitrogens with zero attached hydrogens (tertiary/aromatic N) is 1. The van der Waals surface area contributed by atoms with Crippen molar-refractivity contribution in [3.63, 3.8) is 0 Å². The van der Waals surface area contributed by atoms with Gasteiger partial charge in [-0.3, -0.25) is 0 Å². The zero-order valence-electron chi connectivity index (χ0n) is 10.1. The molecule has 96 valence electrons. The van der Waals surface area contributed by atoms with Gasteiger partial charge in [0.05, 0.1) is 10.8 Å². The Morgan fingerprint density at radius 1 is 1.33 bits per heavy atom. The summed E-state index contributed by atoms with van der Waals surface area (Å²) in [5, 5.41) is 0.954. The van der Waals surface area contributed by atoms with Crippen molar-refractivity contribution >= 4 is 34.5 Å². The molecule has 18 heavy (non-hydrogen) atoms. The van der Waals surface area contributed by atoms with E-state index in [1.165, 1.54) is 11.3 Å². The highest BCUT2D eigenvalue weighted by Gasteiger charge is 2.13. The van der Waals surface area contributed by atoms with Gasteiger partial charge in [-0.05, 0) is 17.5 Å². The first kappa shape index (κ1) is 13.7. The summed E-state index contributed by atoms with van der Waals surface area (Å²) in [6, 6.07) is 7.93. The highest BCUT2D eigenvalue weighted by molar-refractivity contribution is 7.14. The standard InChI is InChI=1S/C13H13Cl2NOS/c1-8(2)9-5-3-4-6-10(9)17-13-16-12(15)11(7-14)18-13/h3-6,8H,7H2,1-2H3. The molecule has 0 spiro atoms. The van der Waals surface area contributed by atoms with Gasteiger partial charge in [0.1, 0.15) is 10.9 Å². The number of alkyl halides is 1. The molecule has 1 aromatic heterocycles. The van der Waals surface area contributed by atoms with E-state index in [1.807, 2.05) is 18.2 Å². The van der Waals surface area contributed by atoms with E-state index in [0.717, 1.165) is 16.2 Å². The number of hydrogen-bond acceptors (Lipinski definition) is 3. The van der Waals surface area contributed by atoms with Gasteiger partial charge in [0, 0.05) is 0 Å². The summed E-state index contributed by atoms with van der Waals surface area (Å²) >= 11 is 13.1. The SMILES string of the molecule is CC(C)c1ccccc1Oc1nc(Cl)c(CCl)s1. The first-order chi connectivity index (χ1) is 8.61. The molecule has 0 radical (unpaired) electrons. The van der Waals surface area contributed by atoms with Crippen molar-refractivity contribution in [3.05, 3.63) is 39.9 Å². The molecule has 0 fully saturated rings.